The summed E-state index contributed by atoms with van der Waals surface area (Å²) in [5.74, 6) is -0.383. The number of ether oxygens (including phenoxy) is 1. The molecule has 1 unspecified atom stereocenters. The SMILES string of the molecule is CC(C)(C)OC(=O)Nc1ccc(C(c2ccccc2)C(C)(C)C(=O)Nc2nncs2)cc1. The molecule has 0 aliphatic carbocycles. The summed E-state index contributed by atoms with van der Waals surface area (Å²) in [6, 6.07) is 17.4. The van der Waals surface area contributed by atoms with Crippen molar-refractivity contribution in [3.8, 4) is 0 Å². The summed E-state index contributed by atoms with van der Waals surface area (Å²) in [7, 11) is 0. The predicted molar refractivity (Wildman–Crippen MR) is 127 cm³/mol. The van der Waals surface area contributed by atoms with Crippen molar-refractivity contribution in [1.29, 1.82) is 0 Å². The van der Waals surface area contributed by atoms with Crippen LogP contribution in [0.5, 0.6) is 0 Å². The molecule has 2 aromatic carbocycles. The first kappa shape index (κ1) is 23.4. The molecule has 0 spiro atoms. The van der Waals surface area contributed by atoms with E-state index in [2.05, 4.69) is 20.8 Å². The van der Waals surface area contributed by atoms with Crippen LogP contribution in [0.25, 0.3) is 0 Å². The number of carbonyl (C=O) groups excluding carboxylic acids is 2. The highest BCUT2D eigenvalue weighted by Gasteiger charge is 2.39. The predicted octanol–water partition coefficient (Wildman–Crippen LogP) is 5.68. The first-order valence-corrected chi connectivity index (χ1v) is 11.2. The van der Waals surface area contributed by atoms with Crippen LogP contribution in [-0.2, 0) is 9.53 Å². The minimum Gasteiger partial charge on any atom is -0.444 e. The molecule has 7 nitrogen and oxygen atoms in total. The first-order chi connectivity index (χ1) is 15.1. The summed E-state index contributed by atoms with van der Waals surface area (Å²) in [5.41, 5.74) is 2.78. The van der Waals surface area contributed by atoms with Gasteiger partial charge in [0.2, 0.25) is 11.0 Å². The summed E-state index contributed by atoms with van der Waals surface area (Å²) >= 11 is 1.28. The zero-order valence-electron chi connectivity index (χ0n) is 18.9. The van der Waals surface area contributed by atoms with E-state index in [1.54, 1.807) is 5.51 Å². The molecule has 2 N–H and O–H groups in total. The van der Waals surface area contributed by atoms with Gasteiger partial charge in [0.05, 0.1) is 5.41 Å². The summed E-state index contributed by atoms with van der Waals surface area (Å²) in [6.45, 7) is 9.26. The summed E-state index contributed by atoms with van der Waals surface area (Å²) in [4.78, 5) is 25.3. The lowest BCUT2D eigenvalue weighted by molar-refractivity contribution is -0.124. The van der Waals surface area contributed by atoms with Gasteiger partial charge in [0.25, 0.3) is 0 Å². The van der Waals surface area contributed by atoms with Crippen molar-refractivity contribution in [3.63, 3.8) is 0 Å². The Kier molecular flexibility index (Phi) is 6.93. The van der Waals surface area contributed by atoms with Gasteiger partial charge in [-0.25, -0.2) is 4.79 Å². The smallest absolute Gasteiger partial charge is 0.412 e. The van der Waals surface area contributed by atoms with Crippen LogP contribution in [-0.4, -0.2) is 27.8 Å². The lowest BCUT2D eigenvalue weighted by Crippen LogP contribution is -2.37. The molecule has 0 radical (unpaired) electrons. The van der Waals surface area contributed by atoms with Crippen molar-refractivity contribution < 1.29 is 14.3 Å². The van der Waals surface area contributed by atoms with Gasteiger partial charge < -0.3 is 10.1 Å². The molecule has 0 fully saturated rings. The lowest BCUT2D eigenvalue weighted by atomic mass is 9.70. The van der Waals surface area contributed by atoms with E-state index >= 15 is 0 Å². The highest BCUT2D eigenvalue weighted by molar-refractivity contribution is 7.13. The van der Waals surface area contributed by atoms with Gasteiger partial charge in [-0.15, -0.1) is 10.2 Å². The molecule has 8 heteroatoms. The second kappa shape index (κ2) is 9.48. The van der Waals surface area contributed by atoms with Crippen molar-refractivity contribution >= 4 is 34.2 Å². The molecular formula is C24H28N4O3S. The molecule has 0 saturated heterocycles. The quantitative estimate of drug-likeness (QED) is 0.502. The average Bonchev–Trinajstić information content (AvgIpc) is 3.22. The molecule has 1 heterocycles. The standard InChI is InChI=1S/C24H28N4O3S/c1-23(2,3)31-22(30)26-18-13-11-17(12-14-18)19(16-9-7-6-8-10-16)24(4,5)20(29)27-21-28-25-15-32-21/h6-15,19H,1-5H3,(H,26,30)(H,27,28,29). The molecule has 0 aliphatic rings. The fraction of sp³-hybridized carbons (Fsp3) is 0.333. The topological polar surface area (TPSA) is 93.2 Å². The van der Waals surface area contributed by atoms with Crippen molar-refractivity contribution in [2.24, 2.45) is 5.41 Å². The molecule has 0 bridgehead atoms. The van der Waals surface area contributed by atoms with E-state index in [-0.39, 0.29) is 11.8 Å². The van der Waals surface area contributed by atoms with E-state index in [1.165, 1.54) is 11.3 Å². The van der Waals surface area contributed by atoms with Crippen LogP contribution >= 0.6 is 11.3 Å². The van der Waals surface area contributed by atoms with E-state index in [4.69, 9.17) is 4.74 Å². The number of hydrogen-bond acceptors (Lipinski definition) is 6. The summed E-state index contributed by atoms with van der Waals surface area (Å²) < 4.78 is 5.31. The van der Waals surface area contributed by atoms with Gasteiger partial charge in [-0.3, -0.25) is 10.1 Å². The van der Waals surface area contributed by atoms with E-state index in [0.29, 0.717) is 10.8 Å². The largest absolute Gasteiger partial charge is 0.444 e. The average molecular weight is 453 g/mol. The number of carbonyl (C=O) groups is 2. The Balaban J connectivity index is 1.88. The Morgan fingerprint density at radius 1 is 0.906 bits per heavy atom. The van der Waals surface area contributed by atoms with E-state index < -0.39 is 17.1 Å². The Morgan fingerprint density at radius 2 is 1.53 bits per heavy atom. The Bertz CT molecular complexity index is 1040. The molecule has 0 aliphatic heterocycles. The number of amides is 2. The van der Waals surface area contributed by atoms with Crippen LogP contribution in [0.15, 0.2) is 60.1 Å². The van der Waals surface area contributed by atoms with Crippen molar-refractivity contribution in [2.75, 3.05) is 10.6 Å². The third kappa shape index (κ3) is 5.91. The maximum atomic E-state index is 13.2. The number of benzene rings is 2. The maximum Gasteiger partial charge on any atom is 0.412 e. The van der Waals surface area contributed by atoms with E-state index in [0.717, 1.165) is 11.1 Å². The van der Waals surface area contributed by atoms with Crippen LogP contribution in [0.4, 0.5) is 15.6 Å². The fourth-order valence-electron chi connectivity index (χ4n) is 3.47. The fourth-order valence-corrected chi connectivity index (χ4v) is 3.91. The van der Waals surface area contributed by atoms with Crippen LogP contribution < -0.4 is 10.6 Å². The van der Waals surface area contributed by atoms with Crippen LogP contribution in [0, 0.1) is 5.41 Å². The van der Waals surface area contributed by atoms with Crippen LogP contribution in [0.2, 0.25) is 0 Å². The third-order valence-electron chi connectivity index (χ3n) is 4.91. The first-order valence-electron chi connectivity index (χ1n) is 10.3. The van der Waals surface area contributed by atoms with E-state index in [9.17, 15) is 9.59 Å². The summed E-state index contributed by atoms with van der Waals surface area (Å²) in [5, 5.41) is 13.8. The monoisotopic (exact) mass is 452 g/mol. The van der Waals surface area contributed by atoms with Gasteiger partial charge in [-0.2, -0.15) is 0 Å². The number of nitrogens with one attached hydrogen (secondary N) is 2. The van der Waals surface area contributed by atoms with Crippen LogP contribution in [0.1, 0.15) is 51.7 Å². The third-order valence-corrected chi connectivity index (χ3v) is 5.52. The number of hydrogen-bond donors (Lipinski definition) is 2. The second-order valence-electron chi connectivity index (χ2n) is 9.01. The van der Waals surface area contributed by atoms with Gasteiger partial charge in [0, 0.05) is 11.6 Å². The highest BCUT2D eigenvalue weighted by atomic mass is 32.1. The number of rotatable bonds is 6. The molecule has 3 aromatic rings. The minimum atomic E-state index is -0.798. The molecule has 32 heavy (non-hydrogen) atoms. The lowest BCUT2D eigenvalue weighted by Gasteiger charge is -2.33. The van der Waals surface area contributed by atoms with E-state index in [1.807, 2.05) is 89.2 Å². The Hall–Kier alpha value is -3.26. The van der Waals surface area contributed by atoms with Crippen molar-refractivity contribution in [1.82, 2.24) is 10.2 Å². The zero-order valence-corrected chi connectivity index (χ0v) is 19.7. The van der Waals surface area contributed by atoms with Gasteiger partial charge >= 0.3 is 6.09 Å². The Morgan fingerprint density at radius 3 is 2.09 bits per heavy atom. The molecule has 3 rings (SSSR count). The number of anilines is 2. The highest BCUT2D eigenvalue weighted by Crippen LogP contribution is 2.42. The Labute approximate surface area is 192 Å². The molecular weight excluding hydrogens is 424 g/mol. The molecule has 1 atom stereocenters. The van der Waals surface area contributed by atoms with Gasteiger partial charge in [0.1, 0.15) is 11.1 Å². The number of aromatic nitrogens is 2. The molecule has 0 saturated carbocycles. The van der Waals surface area contributed by atoms with Crippen molar-refractivity contribution in [2.45, 2.75) is 46.1 Å². The minimum absolute atomic E-state index is 0.154. The summed E-state index contributed by atoms with van der Waals surface area (Å²) in [6.07, 6.45) is -0.512. The molecule has 2 amide bonds. The molecule has 1 aromatic heterocycles. The molecule has 168 valence electrons. The van der Waals surface area contributed by atoms with Crippen molar-refractivity contribution in [3.05, 3.63) is 71.2 Å². The maximum absolute atomic E-state index is 13.2. The van der Waals surface area contributed by atoms with Gasteiger partial charge in [-0.1, -0.05) is 67.6 Å². The van der Waals surface area contributed by atoms with Gasteiger partial charge in [0.15, 0.2) is 0 Å². The normalized spacial score (nSPS) is 12.7. The number of nitrogens with zero attached hydrogens (tertiary/aromatic N) is 2. The van der Waals surface area contributed by atoms with Gasteiger partial charge in [-0.05, 0) is 44.0 Å². The van der Waals surface area contributed by atoms with Crippen LogP contribution in [0.3, 0.4) is 0 Å². The zero-order chi connectivity index (χ0) is 23.4. The second-order valence-corrected chi connectivity index (χ2v) is 9.85.